The van der Waals surface area contributed by atoms with E-state index in [0.29, 0.717) is 13.1 Å². The zero-order valence-electron chi connectivity index (χ0n) is 16.9. The summed E-state index contributed by atoms with van der Waals surface area (Å²) in [6.07, 6.45) is 0.932. The minimum Gasteiger partial charge on any atom is -0.451 e. The van der Waals surface area contributed by atoms with Crippen LogP contribution in [0.15, 0.2) is 23.1 Å². The van der Waals surface area contributed by atoms with E-state index in [1.807, 2.05) is 6.92 Å². The lowest BCUT2D eigenvalue weighted by molar-refractivity contribution is -0.158. The molecule has 10 heteroatoms. The van der Waals surface area contributed by atoms with Crippen LogP contribution in [0.25, 0.3) is 0 Å². The molecule has 29 heavy (non-hydrogen) atoms. The van der Waals surface area contributed by atoms with Crippen LogP contribution in [0.5, 0.6) is 0 Å². The fourth-order valence-corrected chi connectivity index (χ4v) is 3.91. The van der Waals surface area contributed by atoms with Crippen LogP contribution >= 0.6 is 0 Å². The summed E-state index contributed by atoms with van der Waals surface area (Å²) in [6, 6.07) is 4.66. The second-order valence-corrected chi connectivity index (χ2v) is 8.78. The third-order valence-electron chi connectivity index (χ3n) is 4.72. The number of amides is 2. The van der Waals surface area contributed by atoms with Crippen molar-refractivity contribution in [2.45, 2.75) is 44.6 Å². The van der Waals surface area contributed by atoms with E-state index in [2.05, 4.69) is 10.0 Å². The number of carbonyl (C=O) groups is 3. The molecule has 9 nitrogen and oxygen atoms in total. The van der Waals surface area contributed by atoms with Crippen LogP contribution in [-0.2, 0) is 29.1 Å². The molecule has 160 valence electrons. The highest BCUT2D eigenvalue weighted by molar-refractivity contribution is 7.89. The van der Waals surface area contributed by atoms with Crippen LogP contribution in [0, 0.1) is 13.8 Å². The number of aryl methyl sites for hydroxylation is 2. The minimum absolute atomic E-state index is 0.0575. The summed E-state index contributed by atoms with van der Waals surface area (Å²) in [4.78, 5) is 37.5. The van der Waals surface area contributed by atoms with Crippen LogP contribution in [0.3, 0.4) is 0 Å². The quantitative estimate of drug-likeness (QED) is 0.576. The maximum atomic E-state index is 12.3. The van der Waals surface area contributed by atoms with Crippen LogP contribution in [-0.4, -0.2) is 63.4 Å². The normalized spacial score (nSPS) is 15.1. The molecular formula is C19H27N3O6S. The summed E-state index contributed by atoms with van der Waals surface area (Å²) in [7, 11) is -3.85. The highest BCUT2D eigenvalue weighted by Crippen LogP contribution is 2.14. The van der Waals surface area contributed by atoms with Crippen molar-refractivity contribution in [3.05, 3.63) is 29.3 Å². The number of ether oxygens (including phenoxy) is 1. The highest BCUT2D eigenvalue weighted by Gasteiger charge is 2.26. The third kappa shape index (κ3) is 6.53. The Morgan fingerprint density at radius 1 is 1.10 bits per heavy atom. The van der Waals surface area contributed by atoms with Gasteiger partial charge in [-0.05, 0) is 56.9 Å². The van der Waals surface area contributed by atoms with Gasteiger partial charge in [0.1, 0.15) is 6.54 Å². The van der Waals surface area contributed by atoms with Gasteiger partial charge in [0.05, 0.1) is 11.4 Å². The van der Waals surface area contributed by atoms with Crippen LogP contribution in [0.4, 0.5) is 0 Å². The van der Waals surface area contributed by atoms with Crippen LogP contribution in [0.1, 0.15) is 30.9 Å². The topological polar surface area (TPSA) is 122 Å². The number of likely N-dealkylation sites (tertiary alicyclic amines) is 1. The molecule has 2 amide bonds. The van der Waals surface area contributed by atoms with Gasteiger partial charge in [-0.15, -0.1) is 0 Å². The molecule has 0 unspecified atom stereocenters. The fraction of sp³-hybridized carbons (Fsp3) is 0.526. The van der Waals surface area contributed by atoms with E-state index < -0.39 is 41.1 Å². The van der Waals surface area contributed by atoms with Crippen molar-refractivity contribution in [3.63, 3.8) is 0 Å². The number of benzene rings is 1. The summed E-state index contributed by atoms with van der Waals surface area (Å²) in [6.45, 7) is 5.47. The number of nitrogens with one attached hydrogen (secondary N) is 2. The molecule has 2 rings (SSSR count). The van der Waals surface area contributed by atoms with Crippen molar-refractivity contribution >= 4 is 27.8 Å². The molecule has 0 aromatic heterocycles. The Labute approximate surface area is 170 Å². The van der Waals surface area contributed by atoms with E-state index in [1.54, 1.807) is 17.9 Å². The van der Waals surface area contributed by atoms with Gasteiger partial charge in [0.2, 0.25) is 15.9 Å². The lowest BCUT2D eigenvalue weighted by Crippen LogP contribution is -2.42. The summed E-state index contributed by atoms with van der Waals surface area (Å²) >= 11 is 0. The van der Waals surface area contributed by atoms with Gasteiger partial charge in [0.25, 0.3) is 5.91 Å². The largest absolute Gasteiger partial charge is 0.451 e. The molecular weight excluding hydrogens is 398 g/mol. The highest BCUT2D eigenvalue weighted by atomic mass is 32.2. The van der Waals surface area contributed by atoms with Gasteiger partial charge in [0.15, 0.2) is 6.10 Å². The summed E-state index contributed by atoms with van der Waals surface area (Å²) < 4.78 is 31.7. The molecule has 1 aromatic carbocycles. The van der Waals surface area contributed by atoms with Gasteiger partial charge in [-0.2, -0.15) is 0 Å². The molecule has 0 aliphatic carbocycles. The predicted octanol–water partition coefficient (Wildman–Crippen LogP) is 0.252. The molecule has 1 fully saturated rings. The van der Waals surface area contributed by atoms with Gasteiger partial charge >= 0.3 is 5.97 Å². The Morgan fingerprint density at radius 3 is 2.38 bits per heavy atom. The third-order valence-corrected chi connectivity index (χ3v) is 6.11. The SMILES string of the molecule is Cc1ccc(S(=O)(=O)NCC(=O)NCC(=O)O[C@@H](C)C(=O)N2CCCC2)cc1C. The number of sulfonamides is 1. The molecule has 1 aliphatic heterocycles. The molecule has 0 bridgehead atoms. The maximum Gasteiger partial charge on any atom is 0.326 e. The zero-order valence-corrected chi connectivity index (χ0v) is 17.7. The van der Waals surface area contributed by atoms with E-state index in [4.69, 9.17) is 4.74 Å². The smallest absolute Gasteiger partial charge is 0.326 e. The molecule has 1 aromatic rings. The van der Waals surface area contributed by atoms with Crippen molar-refractivity contribution in [1.82, 2.24) is 14.9 Å². The van der Waals surface area contributed by atoms with Crippen molar-refractivity contribution < 1.29 is 27.5 Å². The van der Waals surface area contributed by atoms with E-state index in [1.165, 1.54) is 19.1 Å². The van der Waals surface area contributed by atoms with Gasteiger partial charge in [-0.1, -0.05) is 6.07 Å². The first-order chi connectivity index (χ1) is 13.6. The summed E-state index contributed by atoms with van der Waals surface area (Å²) in [5, 5.41) is 2.28. The first kappa shape index (κ1) is 22.8. The molecule has 1 aliphatic rings. The molecule has 2 N–H and O–H groups in total. The van der Waals surface area contributed by atoms with Crippen molar-refractivity contribution in [3.8, 4) is 0 Å². The number of hydrogen-bond acceptors (Lipinski definition) is 6. The fourth-order valence-electron chi connectivity index (χ4n) is 2.84. The van der Waals surface area contributed by atoms with E-state index in [9.17, 15) is 22.8 Å². The van der Waals surface area contributed by atoms with Gasteiger partial charge in [-0.3, -0.25) is 14.4 Å². The Balaban J connectivity index is 1.76. The van der Waals surface area contributed by atoms with E-state index >= 15 is 0 Å². The second kappa shape index (κ2) is 9.84. The number of rotatable bonds is 8. The molecule has 1 atom stereocenters. The summed E-state index contributed by atoms with van der Waals surface area (Å²) in [5.74, 6) is -1.72. The zero-order chi connectivity index (χ0) is 21.6. The number of hydrogen-bond donors (Lipinski definition) is 2. The first-order valence-electron chi connectivity index (χ1n) is 9.42. The Morgan fingerprint density at radius 2 is 1.76 bits per heavy atom. The predicted molar refractivity (Wildman–Crippen MR) is 105 cm³/mol. The maximum absolute atomic E-state index is 12.3. The van der Waals surface area contributed by atoms with Crippen molar-refractivity contribution in [1.29, 1.82) is 0 Å². The van der Waals surface area contributed by atoms with Crippen molar-refractivity contribution in [2.75, 3.05) is 26.2 Å². The van der Waals surface area contributed by atoms with Crippen LogP contribution in [0.2, 0.25) is 0 Å². The van der Waals surface area contributed by atoms with Gasteiger partial charge < -0.3 is 15.0 Å². The Kier molecular flexibility index (Phi) is 7.74. The van der Waals surface area contributed by atoms with Crippen molar-refractivity contribution in [2.24, 2.45) is 0 Å². The first-order valence-corrected chi connectivity index (χ1v) is 10.9. The van der Waals surface area contributed by atoms with E-state index in [0.717, 1.165) is 24.0 Å². The standard InChI is InChI=1S/C19H27N3O6S/c1-13-6-7-16(10-14(13)2)29(26,27)21-11-17(23)20-12-18(24)28-15(3)19(25)22-8-4-5-9-22/h6-7,10,15,21H,4-5,8-9,11-12H2,1-3H3,(H,20,23)/t15-/m0/s1. The molecule has 0 saturated carbocycles. The molecule has 0 spiro atoms. The Bertz CT molecular complexity index is 878. The monoisotopic (exact) mass is 425 g/mol. The van der Waals surface area contributed by atoms with E-state index in [-0.39, 0.29) is 10.8 Å². The molecule has 0 radical (unpaired) electrons. The molecule has 1 heterocycles. The summed E-state index contributed by atoms with van der Waals surface area (Å²) in [5.41, 5.74) is 1.77. The number of esters is 1. The average Bonchev–Trinajstić information content (AvgIpc) is 3.21. The van der Waals surface area contributed by atoms with Gasteiger partial charge in [0, 0.05) is 13.1 Å². The lowest BCUT2D eigenvalue weighted by Gasteiger charge is -2.20. The van der Waals surface area contributed by atoms with Gasteiger partial charge in [-0.25, -0.2) is 13.1 Å². The number of carbonyl (C=O) groups excluding carboxylic acids is 3. The average molecular weight is 426 g/mol. The Hall–Kier alpha value is -2.46. The number of nitrogens with zero attached hydrogens (tertiary/aromatic N) is 1. The minimum atomic E-state index is -3.85. The second-order valence-electron chi connectivity index (χ2n) is 7.01. The lowest BCUT2D eigenvalue weighted by atomic mass is 10.1. The molecule has 1 saturated heterocycles. The van der Waals surface area contributed by atoms with Crippen LogP contribution < -0.4 is 10.0 Å².